The topological polar surface area (TPSA) is 0 Å². The van der Waals surface area contributed by atoms with Crippen LogP contribution in [0.5, 0.6) is 0 Å². The van der Waals surface area contributed by atoms with Gasteiger partial charge in [0.05, 0.1) is 0 Å². The summed E-state index contributed by atoms with van der Waals surface area (Å²) in [5, 5.41) is 0. The van der Waals surface area contributed by atoms with Crippen molar-refractivity contribution in [3.63, 3.8) is 0 Å². The third-order valence-corrected chi connectivity index (χ3v) is 2.84. The Kier molecular flexibility index (Phi) is 4.11. The van der Waals surface area contributed by atoms with Crippen LogP contribution in [0.3, 0.4) is 0 Å². The van der Waals surface area contributed by atoms with Crippen LogP contribution >= 0.6 is 11.6 Å². The van der Waals surface area contributed by atoms with Crippen LogP contribution in [-0.2, 0) is 0 Å². The molecule has 0 aliphatic heterocycles. The van der Waals surface area contributed by atoms with Crippen LogP contribution in [0.25, 0.3) is 11.6 Å². The molecule has 0 fully saturated rings. The third kappa shape index (κ3) is 3.17. The summed E-state index contributed by atoms with van der Waals surface area (Å²) in [6, 6.07) is 12.3. The summed E-state index contributed by atoms with van der Waals surface area (Å²) < 4.78 is 25.9. The van der Waals surface area contributed by atoms with E-state index in [-0.39, 0.29) is 17.5 Å². The zero-order valence-corrected chi connectivity index (χ0v) is 10.3. The first kappa shape index (κ1) is 12.8. The Morgan fingerprint density at radius 2 is 1.72 bits per heavy atom. The zero-order valence-electron chi connectivity index (χ0n) is 9.54. The monoisotopic (exact) mass is 264 g/mol. The minimum Gasteiger partial charge on any atom is -0.207 e. The van der Waals surface area contributed by atoms with E-state index >= 15 is 0 Å². The molecule has 0 amide bonds. The highest BCUT2D eigenvalue weighted by molar-refractivity contribution is 6.24. The normalized spacial score (nSPS) is 11.6. The van der Waals surface area contributed by atoms with E-state index in [1.54, 1.807) is 24.3 Å². The van der Waals surface area contributed by atoms with Gasteiger partial charge in [0.15, 0.2) is 0 Å². The van der Waals surface area contributed by atoms with Gasteiger partial charge in [-0.2, -0.15) is 0 Å². The molecule has 2 rings (SSSR count). The summed E-state index contributed by atoms with van der Waals surface area (Å²) in [7, 11) is 0. The maximum atomic E-state index is 13.1. The quantitative estimate of drug-likeness (QED) is 0.555. The molecule has 0 heterocycles. The summed E-state index contributed by atoms with van der Waals surface area (Å²) in [5.74, 6) is -0.325. The predicted octanol–water partition coefficient (Wildman–Crippen LogP) is 4.74. The average Bonchev–Trinajstić information content (AvgIpc) is 2.38. The molecule has 3 heteroatoms. The molecule has 0 aliphatic rings. The van der Waals surface area contributed by atoms with Gasteiger partial charge in [-0.1, -0.05) is 24.3 Å². The van der Waals surface area contributed by atoms with Crippen molar-refractivity contribution in [2.75, 3.05) is 5.88 Å². The number of hydrogen-bond acceptors (Lipinski definition) is 0. The van der Waals surface area contributed by atoms with Crippen molar-refractivity contribution in [2.24, 2.45) is 0 Å². The summed E-state index contributed by atoms with van der Waals surface area (Å²) in [6.45, 7) is 0. The van der Waals surface area contributed by atoms with Crippen LogP contribution in [0.15, 0.2) is 48.5 Å². The highest BCUT2D eigenvalue weighted by Gasteiger charge is 2.02. The van der Waals surface area contributed by atoms with Crippen molar-refractivity contribution in [1.82, 2.24) is 0 Å². The number of alkyl halides is 1. The van der Waals surface area contributed by atoms with Gasteiger partial charge in [-0.15, -0.1) is 11.6 Å². The SMILES string of the molecule is Fc1ccc(C=C(CCl)c2cccc(F)c2)cc1. The maximum absolute atomic E-state index is 13.1. The largest absolute Gasteiger partial charge is 0.207 e. The molecule has 0 aromatic heterocycles. The van der Waals surface area contributed by atoms with E-state index in [1.807, 2.05) is 6.08 Å². The van der Waals surface area contributed by atoms with Gasteiger partial charge >= 0.3 is 0 Å². The molecule has 0 saturated carbocycles. The van der Waals surface area contributed by atoms with E-state index in [9.17, 15) is 8.78 Å². The summed E-state index contributed by atoms with van der Waals surface area (Å²) in [4.78, 5) is 0. The van der Waals surface area contributed by atoms with Gasteiger partial charge in [0.1, 0.15) is 11.6 Å². The van der Waals surface area contributed by atoms with Gasteiger partial charge in [-0.3, -0.25) is 0 Å². The van der Waals surface area contributed by atoms with Gasteiger partial charge in [-0.05, 0) is 47.0 Å². The Balaban J connectivity index is 2.36. The Hall–Kier alpha value is -1.67. The van der Waals surface area contributed by atoms with Crippen molar-refractivity contribution in [3.05, 3.63) is 71.3 Å². The lowest BCUT2D eigenvalue weighted by molar-refractivity contribution is 0.627. The van der Waals surface area contributed by atoms with Crippen molar-refractivity contribution in [1.29, 1.82) is 0 Å². The first-order valence-corrected chi connectivity index (χ1v) is 6.00. The molecule has 0 nitrogen and oxygen atoms in total. The van der Waals surface area contributed by atoms with E-state index in [1.165, 1.54) is 24.3 Å². The molecule has 0 radical (unpaired) electrons. The van der Waals surface area contributed by atoms with Gasteiger partial charge in [0.2, 0.25) is 0 Å². The molecule has 0 atom stereocenters. The Labute approximate surface area is 110 Å². The van der Waals surface area contributed by atoms with Gasteiger partial charge in [0.25, 0.3) is 0 Å². The number of benzene rings is 2. The second kappa shape index (κ2) is 5.78. The molecule has 2 aromatic rings. The van der Waals surface area contributed by atoms with Crippen LogP contribution < -0.4 is 0 Å². The van der Waals surface area contributed by atoms with Gasteiger partial charge in [0, 0.05) is 5.88 Å². The highest BCUT2D eigenvalue weighted by Crippen LogP contribution is 2.20. The number of halogens is 3. The maximum Gasteiger partial charge on any atom is 0.123 e. The van der Waals surface area contributed by atoms with Crippen molar-refractivity contribution < 1.29 is 8.78 Å². The molecule has 2 aromatic carbocycles. The fourth-order valence-electron chi connectivity index (χ4n) is 1.65. The van der Waals surface area contributed by atoms with Crippen LogP contribution in [0.2, 0.25) is 0 Å². The minimum absolute atomic E-state index is 0.265. The van der Waals surface area contributed by atoms with E-state index in [4.69, 9.17) is 11.6 Å². The first-order valence-electron chi connectivity index (χ1n) is 5.47. The fourth-order valence-corrected chi connectivity index (χ4v) is 1.88. The van der Waals surface area contributed by atoms with Gasteiger partial charge < -0.3 is 0 Å². The van der Waals surface area contributed by atoms with Crippen LogP contribution in [0.4, 0.5) is 8.78 Å². The van der Waals surface area contributed by atoms with Crippen molar-refractivity contribution >= 4 is 23.3 Å². The molecule has 0 unspecified atom stereocenters. The standard InChI is InChI=1S/C15H11ClF2/c16-10-13(12-2-1-3-15(18)9-12)8-11-4-6-14(17)7-5-11/h1-9H,10H2. The molecule has 0 spiro atoms. The highest BCUT2D eigenvalue weighted by atomic mass is 35.5. The molecular weight excluding hydrogens is 254 g/mol. The van der Waals surface area contributed by atoms with E-state index in [0.29, 0.717) is 0 Å². The molecule has 0 saturated heterocycles. The van der Waals surface area contributed by atoms with Crippen LogP contribution in [-0.4, -0.2) is 5.88 Å². The Morgan fingerprint density at radius 1 is 1.00 bits per heavy atom. The average molecular weight is 265 g/mol. The molecule has 0 bridgehead atoms. The van der Waals surface area contributed by atoms with Gasteiger partial charge in [-0.25, -0.2) is 8.78 Å². The van der Waals surface area contributed by atoms with Crippen molar-refractivity contribution in [3.8, 4) is 0 Å². The zero-order chi connectivity index (χ0) is 13.0. The second-order valence-corrected chi connectivity index (χ2v) is 4.13. The number of hydrogen-bond donors (Lipinski definition) is 0. The first-order chi connectivity index (χ1) is 8.69. The summed E-state index contributed by atoms with van der Waals surface area (Å²) in [5.41, 5.74) is 2.36. The lowest BCUT2D eigenvalue weighted by Gasteiger charge is -2.04. The molecule has 0 N–H and O–H groups in total. The molecule has 92 valence electrons. The molecule has 0 aliphatic carbocycles. The predicted molar refractivity (Wildman–Crippen MR) is 71.4 cm³/mol. The Morgan fingerprint density at radius 3 is 2.33 bits per heavy atom. The lowest BCUT2D eigenvalue weighted by atomic mass is 10.0. The lowest BCUT2D eigenvalue weighted by Crippen LogP contribution is -1.88. The minimum atomic E-state index is -0.303. The number of allylic oxidation sites excluding steroid dienone is 1. The smallest absolute Gasteiger partial charge is 0.123 e. The van der Waals surface area contributed by atoms with Crippen LogP contribution in [0, 0.1) is 11.6 Å². The summed E-state index contributed by atoms with van der Waals surface area (Å²) >= 11 is 5.87. The Bertz CT molecular complexity index is 559. The van der Waals surface area contributed by atoms with E-state index in [0.717, 1.165) is 16.7 Å². The molecule has 18 heavy (non-hydrogen) atoms. The van der Waals surface area contributed by atoms with E-state index < -0.39 is 0 Å². The van der Waals surface area contributed by atoms with E-state index in [2.05, 4.69) is 0 Å². The third-order valence-electron chi connectivity index (χ3n) is 2.55. The van der Waals surface area contributed by atoms with Crippen molar-refractivity contribution in [2.45, 2.75) is 0 Å². The molecular formula is C15H11ClF2. The fraction of sp³-hybridized carbons (Fsp3) is 0.0667. The summed E-state index contributed by atoms with van der Waals surface area (Å²) in [6.07, 6.45) is 1.82. The number of rotatable bonds is 3. The second-order valence-electron chi connectivity index (χ2n) is 3.87. The van der Waals surface area contributed by atoms with Crippen LogP contribution in [0.1, 0.15) is 11.1 Å².